The lowest BCUT2D eigenvalue weighted by molar-refractivity contribution is -0.140. The number of likely N-dealkylation sites (tertiary alicyclic amines) is 1. The standard InChI is InChI=1S/C31H31N3O8/c1-40-20-7-6-18-9-23(31(39)32-24(18)10-20)22(12-28(37)41-2)30-29(38)26(35)11-21(42-30)16-33-13-17-8-19(15-33)25-4-3-5-27(36)34(25)14-17/h3-7,9-11,17,19,22,38H,8,12-16H2,1-2H3,(H,32,39). The minimum atomic E-state index is -1.08. The van der Waals surface area contributed by atoms with Gasteiger partial charge in [0.2, 0.25) is 11.2 Å². The average Bonchev–Trinajstić information content (AvgIpc) is 2.97. The van der Waals surface area contributed by atoms with Crippen LogP contribution in [-0.4, -0.2) is 52.8 Å². The maximum Gasteiger partial charge on any atom is 0.306 e. The van der Waals surface area contributed by atoms with Crippen molar-refractivity contribution in [2.24, 2.45) is 5.92 Å². The summed E-state index contributed by atoms with van der Waals surface area (Å²) in [4.78, 5) is 56.1. The number of benzene rings is 1. The Morgan fingerprint density at radius 2 is 1.93 bits per heavy atom. The summed E-state index contributed by atoms with van der Waals surface area (Å²) in [5, 5.41) is 11.5. The Balaban J connectivity index is 1.36. The van der Waals surface area contributed by atoms with Gasteiger partial charge in [-0.05, 0) is 42.0 Å². The van der Waals surface area contributed by atoms with Crippen molar-refractivity contribution in [3.05, 3.63) is 102 Å². The number of piperidine rings is 1. The number of nitrogens with zero attached hydrogens (tertiary/aromatic N) is 2. The van der Waals surface area contributed by atoms with E-state index < -0.39 is 28.6 Å². The molecule has 2 aliphatic rings. The van der Waals surface area contributed by atoms with Crippen molar-refractivity contribution in [1.29, 1.82) is 0 Å². The summed E-state index contributed by atoms with van der Waals surface area (Å²) in [5.41, 5.74) is 0.501. The van der Waals surface area contributed by atoms with E-state index in [9.17, 15) is 24.3 Å². The molecule has 3 unspecified atom stereocenters. The Kier molecular flexibility index (Phi) is 7.19. The van der Waals surface area contributed by atoms with Crippen LogP contribution in [-0.2, 0) is 22.6 Å². The maximum atomic E-state index is 13.3. The van der Waals surface area contributed by atoms with E-state index in [1.54, 1.807) is 36.4 Å². The first-order chi connectivity index (χ1) is 20.2. The maximum absolute atomic E-state index is 13.3. The number of aromatic hydroxyl groups is 1. The molecule has 42 heavy (non-hydrogen) atoms. The molecule has 0 saturated carbocycles. The van der Waals surface area contributed by atoms with Gasteiger partial charge in [0.1, 0.15) is 11.5 Å². The van der Waals surface area contributed by atoms with Gasteiger partial charge in [-0.15, -0.1) is 0 Å². The second-order valence-electron chi connectivity index (χ2n) is 11.0. The fraction of sp³-hybridized carbons (Fsp3) is 0.355. The third-order valence-electron chi connectivity index (χ3n) is 8.31. The first-order valence-corrected chi connectivity index (χ1v) is 13.8. The molecular formula is C31H31N3O8. The van der Waals surface area contributed by atoms with Crippen LogP contribution in [0.25, 0.3) is 10.9 Å². The summed E-state index contributed by atoms with van der Waals surface area (Å²) in [5.74, 6) is -1.26. The Morgan fingerprint density at radius 1 is 1.10 bits per heavy atom. The van der Waals surface area contributed by atoms with Gasteiger partial charge in [0.25, 0.3) is 11.1 Å². The van der Waals surface area contributed by atoms with Gasteiger partial charge in [-0.3, -0.25) is 24.1 Å². The highest BCUT2D eigenvalue weighted by Crippen LogP contribution is 2.37. The smallest absolute Gasteiger partial charge is 0.306 e. The number of methoxy groups -OCH3 is 2. The minimum absolute atomic E-state index is 0.00397. The topological polar surface area (TPSA) is 144 Å². The van der Waals surface area contributed by atoms with Gasteiger partial charge in [-0.1, -0.05) is 6.07 Å². The van der Waals surface area contributed by atoms with Gasteiger partial charge in [0.05, 0.1) is 38.6 Å². The van der Waals surface area contributed by atoms with Crippen molar-refractivity contribution in [1.82, 2.24) is 14.5 Å². The highest BCUT2D eigenvalue weighted by Gasteiger charge is 2.35. The number of carbonyl (C=O) groups excluding carboxylic acids is 1. The van der Waals surface area contributed by atoms with Crippen molar-refractivity contribution >= 4 is 16.9 Å². The predicted molar refractivity (Wildman–Crippen MR) is 153 cm³/mol. The molecule has 1 saturated heterocycles. The number of carbonyl (C=O) groups is 1. The zero-order valence-corrected chi connectivity index (χ0v) is 23.3. The molecule has 218 valence electrons. The van der Waals surface area contributed by atoms with Crippen molar-refractivity contribution in [2.45, 2.75) is 37.8 Å². The van der Waals surface area contributed by atoms with Gasteiger partial charge in [0.15, 0.2) is 5.76 Å². The molecule has 2 aliphatic heterocycles. The summed E-state index contributed by atoms with van der Waals surface area (Å²) in [6.45, 7) is 2.28. The molecular weight excluding hydrogens is 542 g/mol. The zero-order chi connectivity index (χ0) is 29.5. The molecule has 3 aromatic heterocycles. The largest absolute Gasteiger partial charge is 0.502 e. The van der Waals surface area contributed by atoms with Crippen molar-refractivity contribution in [2.75, 3.05) is 27.3 Å². The molecule has 0 radical (unpaired) electrons. The first-order valence-electron chi connectivity index (χ1n) is 13.8. The van der Waals surface area contributed by atoms with E-state index in [-0.39, 0.29) is 41.7 Å². The number of hydrogen-bond donors (Lipinski definition) is 2. The molecule has 2 bridgehead atoms. The molecule has 0 amide bonds. The number of nitrogens with one attached hydrogen (secondary N) is 1. The van der Waals surface area contributed by atoms with Crippen LogP contribution in [0.4, 0.5) is 0 Å². The monoisotopic (exact) mass is 573 g/mol. The van der Waals surface area contributed by atoms with E-state index in [2.05, 4.69) is 9.88 Å². The molecule has 6 rings (SSSR count). The second-order valence-corrected chi connectivity index (χ2v) is 11.0. The fourth-order valence-corrected chi connectivity index (χ4v) is 6.39. The van der Waals surface area contributed by atoms with Crippen LogP contribution in [0, 0.1) is 5.92 Å². The summed E-state index contributed by atoms with van der Waals surface area (Å²) >= 11 is 0. The van der Waals surface area contributed by atoms with Crippen LogP contribution < -0.4 is 21.3 Å². The molecule has 5 heterocycles. The normalized spacial score (nSPS) is 18.8. The van der Waals surface area contributed by atoms with Gasteiger partial charge >= 0.3 is 5.97 Å². The summed E-state index contributed by atoms with van der Waals surface area (Å²) in [7, 11) is 2.75. The highest BCUT2D eigenvalue weighted by atomic mass is 16.5. The number of rotatable bonds is 7. The number of aromatic nitrogens is 2. The Hall–Kier alpha value is -4.64. The fourth-order valence-electron chi connectivity index (χ4n) is 6.39. The van der Waals surface area contributed by atoms with E-state index in [0.29, 0.717) is 42.0 Å². The summed E-state index contributed by atoms with van der Waals surface area (Å²) in [6.07, 6.45) is 0.642. The number of esters is 1. The van der Waals surface area contributed by atoms with Crippen LogP contribution in [0.15, 0.2) is 67.3 Å². The second kappa shape index (κ2) is 11.0. The summed E-state index contributed by atoms with van der Waals surface area (Å²) in [6, 6.07) is 13.4. The lowest BCUT2D eigenvalue weighted by Crippen LogP contribution is -2.46. The minimum Gasteiger partial charge on any atom is -0.502 e. The highest BCUT2D eigenvalue weighted by molar-refractivity contribution is 5.81. The van der Waals surface area contributed by atoms with Crippen molar-refractivity contribution < 1.29 is 23.8 Å². The van der Waals surface area contributed by atoms with Crippen molar-refractivity contribution in [3.8, 4) is 11.5 Å². The molecule has 1 fully saturated rings. The van der Waals surface area contributed by atoms with Gasteiger partial charge in [-0.2, -0.15) is 0 Å². The van der Waals surface area contributed by atoms with E-state index in [4.69, 9.17) is 13.9 Å². The Morgan fingerprint density at radius 3 is 2.71 bits per heavy atom. The molecule has 1 aromatic carbocycles. The van der Waals surface area contributed by atoms with E-state index >= 15 is 0 Å². The molecule has 4 aromatic rings. The van der Waals surface area contributed by atoms with Crippen LogP contribution >= 0.6 is 0 Å². The van der Waals surface area contributed by atoms with Crippen LogP contribution in [0.3, 0.4) is 0 Å². The molecule has 2 N–H and O–H groups in total. The number of hydrogen-bond acceptors (Lipinski definition) is 9. The first kappa shape index (κ1) is 27.5. The van der Waals surface area contributed by atoms with E-state index in [0.717, 1.165) is 12.1 Å². The van der Waals surface area contributed by atoms with Crippen LogP contribution in [0.5, 0.6) is 11.5 Å². The van der Waals surface area contributed by atoms with Gasteiger partial charge in [-0.25, -0.2) is 0 Å². The van der Waals surface area contributed by atoms with E-state index in [1.807, 2.05) is 10.6 Å². The lowest BCUT2D eigenvalue weighted by atomic mass is 9.83. The van der Waals surface area contributed by atoms with Gasteiger partial charge in [0, 0.05) is 55.0 Å². The zero-order valence-electron chi connectivity index (χ0n) is 23.3. The molecule has 0 spiro atoms. The molecule has 11 nitrogen and oxygen atoms in total. The molecule has 3 atom stereocenters. The molecule has 11 heteroatoms. The Labute approximate surface area is 239 Å². The SMILES string of the molecule is COC(=O)CC(c1oc(CN2CC3CC(C2)c2cccc(=O)n2C3)cc(=O)c1O)c1cc2ccc(OC)cc2[nH]c1=O. The predicted octanol–water partition coefficient (Wildman–Crippen LogP) is 2.67. The molecule has 0 aliphatic carbocycles. The number of aromatic amines is 1. The summed E-state index contributed by atoms with van der Waals surface area (Å²) < 4.78 is 18.1. The number of fused-ring (bicyclic) bond motifs is 5. The van der Waals surface area contributed by atoms with Crippen molar-refractivity contribution in [3.63, 3.8) is 0 Å². The van der Waals surface area contributed by atoms with E-state index in [1.165, 1.54) is 20.3 Å². The quantitative estimate of drug-likeness (QED) is 0.319. The number of ether oxygens (including phenoxy) is 2. The number of pyridine rings is 2. The Bertz CT molecular complexity index is 1860. The van der Waals surface area contributed by atoms with Crippen LogP contribution in [0.1, 0.15) is 47.5 Å². The van der Waals surface area contributed by atoms with Gasteiger partial charge < -0.3 is 28.5 Å². The third kappa shape index (κ3) is 5.11. The average molecular weight is 574 g/mol. The number of H-pyrrole nitrogens is 1. The lowest BCUT2D eigenvalue weighted by Gasteiger charge is -2.42. The van der Waals surface area contributed by atoms with Crippen LogP contribution in [0.2, 0.25) is 0 Å². The third-order valence-corrected chi connectivity index (χ3v) is 8.31.